The molecule has 0 saturated carbocycles. The molecule has 166 valence electrons. The molecule has 0 unspecified atom stereocenters. The predicted octanol–water partition coefficient (Wildman–Crippen LogP) is 4.35. The van der Waals surface area contributed by atoms with Crippen LogP contribution >= 0.6 is 0 Å². The van der Waals surface area contributed by atoms with E-state index in [1.165, 1.54) is 5.56 Å². The third kappa shape index (κ3) is 6.41. The Bertz CT molecular complexity index is 888. The van der Waals surface area contributed by atoms with Crippen LogP contribution < -0.4 is 0 Å². The molecule has 1 fully saturated rings. The standard InChI is InChI=1S/C26H33NO4/c1-5-30-24(28)15-20-13-9-10-14-21(20)22-17-27(16-19-11-7-6-8-12-19)18-23(22)25(29)31-26(2,3)4/h6-14,22-23H,5,15-18H2,1-4H3/t22-,23+/m0/s1. The Morgan fingerprint density at radius 1 is 1.00 bits per heavy atom. The summed E-state index contributed by atoms with van der Waals surface area (Å²) in [6, 6.07) is 18.2. The molecule has 0 N–H and O–H groups in total. The molecule has 31 heavy (non-hydrogen) atoms. The van der Waals surface area contributed by atoms with Crippen LogP contribution in [-0.2, 0) is 32.0 Å². The zero-order valence-corrected chi connectivity index (χ0v) is 19.0. The summed E-state index contributed by atoms with van der Waals surface area (Å²) < 4.78 is 10.9. The van der Waals surface area contributed by atoms with Crippen LogP contribution in [0.4, 0.5) is 0 Å². The summed E-state index contributed by atoms with van der Waals surface area (Å²) in [4.78, 5) is 27.6. The SMILES string of the molecule is CCOC(=O)Cc1ccccc1[C@@H]1CN(Cc2ccccc2)C[C@H]1C(=O)OC(C)(C)C. The molecule has 5 heteroatoms. The number of ether oxygens (including phenoxy) is 2. The van der Waals surface area contributed by atoms with Crippen molar-refractivity contribution in [3.63, 3.8) is 0 Å². The maximum Gasteiger partial charge on any atom is 0.311 e. The maximum atomic E-state index is 13.1. The Labute approximate surface area is 185 Å². The highest BCUT2D eigenvalue weighted by molar-refractivity contribution is 5.76. The lowest BCUT2D eigenvalue weighted by Gasteiger charge is -2.25. The monoisotopic (exact) mass is 423 g/mol. The minimum atomic E-state index is -0.543. The highest BCUT2D eigenvalue weighted by atomic mass is 16.6. The molecule has 1 saturated heterocycles. The maximum absolute atomic E-state index is 13.1. The second-order valence-corrected chi connectivity index (χ2v) is 9.11. The molecule has 2 aromatic carbocycles. The average molecular weight is 424 g/mol. The second-order valence-electron chi connectivity index (χ2n) is 9.11. The minimum absolute atomic E-state index is 0.0378. The van der Waals surface area contributed by atoms with Crippen molar-refractivity contribution in [2.45, 2.75) is 52.2 Å². The van der Waals surface area contributed by atoms with Gasteiger partial charge in [-0.25, -0.2) is 0 Å². The van der Waals surface area contributed by atoms with Crippen molar-refractivity contribution in [2.75, 3.05) is 19.7 Å². The van der Waals surface area contributed by atoms with Crippen molar-refractivity contribution < 1.29 is 19.1 Å². The van der Waals surface area contributed by atoms with E-state index in [9.17, 15) is 9.59 Å². The number of hydrogen-bond acceptors (Lipinski definition) is 5. The lowest BCUT2D eigenvalue weighted by Crippen LogP contribution is -2.32. The Balaban J connectivity index is 1.87. The van der Waals surface area contributed by atoms with Crippen LogP contribution in [-0.4, -0.2) is 42.1 Å². The van der Waals surface area contributed by atoms with E-state index in [2.05, 4.69) is 17.0 Å². The first kappa shape index (κ1) is 23.0. The molecular formula is C26H33NO4. The Hall–Kier alpha value is -2.66. The third-order valence-corrected chi connectivity index (χ3v) is 5.45. The van der Waals surface area contributed by atoms with Gasteiger partial charge in [0.05, 0.1) is 18.9 Å². The highest BCUT2D eigenvalue weighted by Crippen LogP contribution is 2.37. The van der Waals surface area contributed by atoms with Crippen LogP contribution in [0.5, 0.6) is 0 Å². The Morgan fingerprint density at radius 2 is 1.68 bits per heavy atom. The van der Waals surface area contributed by atoms with E-state index >= 15 is 0 Å². The average Bonchev–Trinajstić information content (AvgIpc) is 3.12. The predicted molar refractivity (Wildman–Crippen MR) is 121 cm³/mol. The molecule has 2 aromatic rings. The van der Waals surface area contributed by atoms with E-state index in [1.807, 2.05) is 63.2 Å². The zero-order chi connectivity index (χ0) is 22.4. The molecule has 2 atom stereocenters. The number of benzene rings is 2. The topological polar surface area (TPSA) is 55.8 Å². The van der Waals surface area contributed by atoms with E-state index < -0.39 is 5.60 Å². The lowest BCUT2D eigenvalue weighted by molar-refractivity contribution is -0.160. The van der Waals surface area contributed by atoms with Crippen molar-refractivity contribution in [3.8, 4) is 0 Å². The number of rotatable bonds is 7. The number of likely N-dealkylation sites (tertiary alicyclic amines) is 1. The van der Waals surface area contributed by atoms with Gasteiger partial charge in [-0.05, 0) is 44.4 Å². The van der Waals surface area contributed by atoms with Crippen molar-refractivity contribution in [1.29, 1.82) is 0 Å². The molecule has 0 spiro atoms. The van der Waals surface area contributed by atoms with Crippen molar-refractivity contribution in [3.05, 3.63) is 71.3 Å². The van der Waals surface area contributed by atoms with Gasteiger partial charge in [0.25, 0.3) is 0 Å². The fraction of sp³-hybridized carbons (Fsp3) is 0.462. The number of esters is 2. The van der Waals surface area contributed by atoms with Gasteiger partial charge in [-0.1, -0.05) is 54.6 Å². The van der Waals surface area contributed by atoms with Crippen LogP contribution in [0.25, 0.3) is 0 Å². The number of hydrogen-bond donors (Lipinski definition) is 0. The van der Waals surface area contributed by atoms with Crippen LogP contribution in [0, 0.1) is 5.92 Å². The van der Waals surface area contributed by atoms with Crippen LogP contribution in [0.1, 0.15) is 50.3 Å². The molecule has 5 nitrogen and oxygen atoms in total. The molecule has 3 rings (SSSR count). The van der Waals surface area contributed by atoms with Gasteiger partial charge in [0.2, 0.25) is 0 Å². The molecule has 1 aliphatic heterocycles. The van der Waals surface area contributed by atoms with Crippen LogP contribution in [0.15, 0.2) is 54.6 Å². The molecule has 0 aromatic heterocycles. The zero-order valence-electron chi connectivity index (χ0n) is 19.0. The molecule has 0 radical (unpaired) electrons. The van der Waals surface area contributed by atoms with Crippen LogP contribution in [0.3, 0.4) is 0 Å². The van der Waals surface area contributed by atoms with E-state index in [-0.39, 0.29) is 30.2 Å². The summed E-state index contributed by atoms with van der Waals surface area (Å²) >= 11 is 0. The first-order valence-electron chi connectivity index (χ1n) is 11.0. The summed E-state index contributed by atoms with van der Waals surface area (Å²) in [6.45, 7) is 9.98. The molecule has 1 aliphatic rings. The number of carbonyl (C=O) groups excluding carboxylic acids is 2. The minimum Gasteiger partial charge on any atom is -0.466 e. The summed E-state index contributed by atoms with van der Waals surface area (Å²) in [5.74, 6) is -0.752. The fourth-order valence-electron chi connectivity index (χ4n) is 4.21. The normalized spacial score (nSPS) is 19.2. The second kappa shape index (κ2) is 10.1. The smallest absolute Gasteiger partial charge is 0.311 e. The Kier molecular flexibility index (Phi) is 7.50. The molecule has 1 heterocycles. The van der Waals surface area contributed by atoms with Crippen molar-refractivity contribution in [1.82, 2.24) is 4.90 Å². The molecule has 0 aliphatic carbocycles. The first-order valence-corrected chi connectivity index (χ1v) is 11.0. The van der Waals surface area contributed by atoms with E-state index in [0.29, 0.717) is 13.2 Å². The summed E-state index contributed by atoms with van der Waals surface area (Å²) in [7, 11) is 0. The van der Waals surface area contributed by atoms with Gasteiger partial charge in [0.15, 0.2) is 0 Å². The van der Waals surface area contributed by atoms with Gasteiger partial charge in [-0.3, -0.25) is 14.5 Å². The van der Waals surface area contributed by atoms with Gasteiger partial charge in [-0.15, -0.1) is 0 Å². The molecular weight excluding hydrogens is 390 g/mol. The fourth-order valence-corrected chi connectivity index (χ4v) is 4.21. The van der Waals surface area contributed by atoms with Gasteiger partial charge in [0.1, 0.15) is 5.60 Å². The Morgan fingerprint density at radius 3 is 2.35 bits per heavy atom. The summed E-state index contributed by atoms with van der Waals surface area (Å²) in [5, 5.41) is 0. The molecule has 0 bridgehead atoms. The highest BCUT2D eigenvalue weighted by Gasteiger charge is 2.41. The van der Waals surface area contributed by atoms with Crippen molar-refractivity contribution >= 4 is 11.9 Å². The summed E-state index contributed by atoms with van der Waals surface area (Å²) in [5.41, 5.74) is 2.62. The molecule has 0 amide bonds. The van der Waals surface area contributed by atoms with E-state index in [0.717, 1.165) is 24.2 Å². The quantitative estimate of drug-likeness (QED) is 0.620. The number of carbonyl (C=O) groups is 2. The van der Waals surface area contributed by atoms with E-state index in [4.69, 9.17) is 9.47 Å². The van der Waals surface area contributed by atoms with Gasteiger partial charge < -0.3 is 9.47 Å². The van der Waals surface area contributed by atoms with Gasteiger partial charge in [0, 0.05) is 25.6 Å². The number of nitrogens with zero attached hydrogens (tertiary/aromatic N) is 1. The van der Waals surface area contributed by atoms with Crippen molar-refractivity contribution in [2.24, 2.45) is 5.92 Å². The third-order valence-electron chi connectivity index (χ3n) is 5.45. The van der Waals surface area contributed by atoms with Gasteiger partial charge >= 0.3 is 11.9 Å². The lowest BCUT2D eigenvalue weighted by atomic mass is 9.85. The summed E-state index contributed by atoms with van der Waals surface area (Å²) in [6.07, 6.45) is 0.209. The van der Waals surface area contributed by atoms with Gasteiger partial charge in [-0.2, -0.15) is 0 Å². The van der Waals surface area contributed by atoms with Crippen LogP contribution in [0.2, 0.25) is 0 Å². The largest absolute Gasteiger partial charge is 0.466 e. The van der Waals surface area contributed by atoms with E-state index in [1.54, 1.807) is 6.92 Å². The first-order chi connectivity index (χ1) is 14.8.